The van der Waals surface area contributed by atoms with E-state index in [1.165, 1.54) is 9.80 Å². The van der Waals surface area contributed by atoms with Gasteiger partial charge in [0.15, 0.2) is 0 Å². The summed E-state index contributed by atoms with van der Waals surface area (Å²) in [6, 6.07) is 19.4. The zero-order chi connectivity index (χ0) is 25.7. The van der Waals surface area contributed by atoms with Crippen molar-refractivity contribution in [1.82, 2.24) is 9.80 Å². The van der Waals surface area contributed by atoms with Gasteiger partial charge >= 0.3 is 17.8 Å². The highest BCUT2D eigenvalue weighted by atomic mass is 16.5. The monoisotopic (exact) mass is 488 g/mol. The Kier molecular flexibility index (Phi) is 7.48. The molecule has 186 valence electrons. The molecule has 9 nitrogen and oxygen atoms in total. The van der Waals surface area contributed by atoms with Gasteiger partial charge in [0.25, 0.3) is 0 Å². The molecule has 1 fully saturated rings. The maximum Gasteiger partial charge on any atom is 0.312 e. The van der Waals surface area contributed by atoms with Crippen molar-refractivity contribution >= 4 is 34.4 Å². The van der Waals surface area contributed by atoms with Gasteiger partial charge in [-0.15, -0.1) is 0 Å². The lowest BCUT2D eigenvalue weighted by molar-refractivity contribution is -0.159. The van der Waals surface area contributed by atoms with E-state index in [4.69, 9.17) is 15.9 Å². The van der Waals surface area contributed by atoms with E-state index in [1.807, 2.05) is 42.5 Å². The summed E-state index contributed by atoms with van der Waals surface area (Å²) in [5, 5.41) is 18.9. The third-order valence-corrected chi connectivity index (χ3v) is 6.25. The van der Waals surface area contributed by atoms with Gasteiger partial charge in [0.1, 0.15) is 11.6 Å². The van der Waals surface area contributed by atoms with Gasteiger partial charge in [-0.3, -0.25) is 19.8 Å². The molecule has 0 saturated carbocycles. The number of nitrogens with zero attached hydrogens (tertiary/aromatic N) is 2. The fourth-order valence-electron chi connectivity index (χ4n) is 4.36. The van der Waals surface area contributed by atoms with Crippen LogP contribution in [-0.2, 0) is 14.4 Å². The Labute approximate surface area is 208 Å². The maximum absolute atomic E-state index is 13.0. The number of hydrogen-bond donors (Lipinski definition) is 3. The van der Waals surface area contributed by atoms with E-state index in [1.54, 1.807) is 24.3 Å². The highest BCUT2D eigenvalue weighted by molar-refractivity contribution is 6.35. The van der Waals surface area contributed by atoms with Crippen molar-refractivity contribution in [2.45, 2.75) is 18.9 Å². The van der Waals surface area contributed by atoms with E-state index < -0.39 is 23.8 Å². The van der Waals surface area contributed by atoms with Crippen molar-refractivity contribution in [1.29, 1.82) is 5.41 Å². The second kappa shape index (κ2) is 10.9. The van der Waals surface area contributed by atoms with Gasteiger partial charge in [-0.2, -0.15) is 0 Å². The summed E-state index contributed by atoms with van der Waals surface area (Å²) in [4.78, 5) is 40.4. The molecule has 0 spiro atoms. The standard InChI is InChI=1S/C27H28N4O5/c28-25(29)19-8-10-22(11-9-19)36-15-3-12-30-13-14-31(27(35)26(30)34)23(17-24(32)33)21-7-6-18-4-1-2-5-20(18)16-21/h1-2,4-11,16,23H,3,12-15,17H2,(H3,28,29)(H,32,33). The second-order valence-electron chi connectivity index (χ2n) is 8.65. The molecule has 36 heavy (non-hydrogen) atoms. The van der Waals surface area contributed by atoms with Gasteiger partial charge in [0.05, 0.1) is 19.1 Å². The topological polar surface area (TPSA) is 137 Å². The molecule has 0 bridgehead atoms. The van der Waals surface area contributed by atoms with E-state index >= 15 is 0 Å². The molecule has 1 aliphatic heterocycles. The fraction of sp³-hybridized carbons (Fsp3) is 0.259. The van der Waals surface area contributed by atoms with Crippen LogP contribution in [0.25, 0.3) is 10.8 Å². The number of amidine groups is 1. The van der Waals surface area contributed by atoms with Crippen molar-refractivity contribution in [3.63, 3.8) is 0 Å². The quantitative estimate of drug-likeness (QED) is 0.174. The highest BCUT2D eigenvalue weighted by Gasteiger charge is 2.37. The Morgan fingerprint density at radius 3 is 2.42 bits per heavy atom. The van der Waals surface area contributed by atoms with E-state index in [-0.39, 0.29) is 18.8 Å². The number of nitrogens with two attached hydrogens (primary N) is 1. The molecule has 4 rings (SSSR count). The van der Waals surface area contributed by atoms with Crippen molar-refractivity contribution in [2.75, 3.05) is 26.2 Å². The molecular formula is C27H28N4O5. The first-order chi connectivity index (χ1) is 17.3. The summed E-state index contributed by atoms with van der Waals surface area (Å²) < 4.78 is 5.68. The number of fused-ring (bicyclic) bond motifs is 1. The van der Waals surface area contributed by atoms with Crippen LogP contribution >= 0.6 is 0 Å². The molecule has 1 unspecified atom stereocenters. The molecule has 1 saturated heterocycles. The summed E-state index contributed by atoms with van der Waals surface area (Å²) in [5.74, 6) is -1.76. The minimum atomic E-state index is -1.04. The lowest BCUT2D eigenvalue weighted by Crippen LogP contribution is -2.55. The summed E-state index contributed by atoms with van der Waals surface area (Å²) in [7, 11) is 0. The molecule has 0 aromatic heterocycles. The number of amides is 2. The lowest BCUT2D eigenvalue weighted by atomic mass is 9.97. The van der Waals surface area contributed by atoms with E-state index in [2.05, 4.69) is 0 Å². The van der Waals surface area contributed by atoms with E-state index in [9.17, 15) is 19.5 Å². The minimum Gasteiger partial charge on any atom is -0.494 e. The number of benzene rings is 3. The fourth-order valence-corrected chi connectivity index (χ4v) is 4.36. The van der Waals surface area contributed by atoms with Crippen LogP contribution in [0.15, 0.2) is 66.7 Å². The molecule has 1 aliphatic rings. The molecule has 3 aromatic carbocycles. The van der Waals surface area contributed by atoms with Crippen molar-refractivity contribution in [2.24, 2.45) is 5.73 Å². The van der Waals surface area contributed by atoms with Gasteiger partial charge in [0.2, 0.25) is 0 Å². The predicted octanol–water partition coefficient (Wildman–Crippen LogP) is 2.78. The van der Waals surface area contributed by atoms with Crippen LogP contribution in [0.2, 0.25) is 0 Å². The number of hydrogen-bond acceptors (Lipinski definition) is 5. The zero-order valence-electron chi connectivity index (χ0n) is 19.7. The molecule has 0 radical (unpaired) electrons. The Bertz CT molecular complexity index is 1290. The first kappa shape index (κ1) is 24.7. The van der Waals surface area contributed by atoms with Crippen molar-refractivity contribution < 1.29 is 24.2 Å². The van der Waals surface area contributed by atoms with Crippen LogP contribution in [0.3, 0.4) is 0 Å². The van der Waals surface area contributed by atoms with Crippen LogP contribution in [0, 0.1) is 5.41 Å². The number of nitrogens with one attached hydrogen (secondary N) is 1. The van der Waals surface area contributed by atoms with Crippen molar-refractivity contribution in [3.05, 3.63) is 77.9 Å². The number of nitrogen functional groups attached to an aromatic ring is 1. The third-order valence-electron chi connectivity index (χ3n) is 6.25. The lowest BCUT2D eigenvalue weighted by Gasteiger charge is -2.38. The Balaban J connectivity index is 1.37. The summed E-state index contributed by atoms with van der Waals surface area (Å²) in [6.45, 7) is 1.27. The van der Waals surface area contributed by atoms with Crippen LogP contribution in [0.4, 0.5) is 0 Å². The maximum atomic E-state index is 13.0. The number of rotatable bonds is 10. The largest absolute Gasteiger partial charge is 0.494 e. The molecule has 1 atom stereocenters. The van der Waals surface area contributed by atoms with Crippen LogP contribution in [-0.4, -0.2) is 64.8 Å². The SMILES string of the molecule is N=C(N)c1ccc(OCCCN2CCN(C(CC(=O)O)c3ccc4ccccc4c3)C(=O)C2=O)cc1. The minimum absolute atomic E-state index is 0.0184. The number of piperazine rings is 1. The number of carboxylic acids is 1. The number of ether oxygens (including phenoxy) is 1. The normalized spacial score (nSPS) is 14.7. The van der Waals surface area contributed by atoms with Gasteiger partial charge in [-0.1, -0.05) is 36.4 Å². The Morgan fingerprint density at radius 1 is 1.00 bits per heavy atom. The molecule has 4 N–H and O–H groups in total. The molecule has 1 heterocycles. The molecule has 2 amide bonds. The van der Waals surface area contributed by atoms with Crippen LogP contribution in [0.5, 0.6) is 5.75 Å². The molecular weight excluding hydrogens is 460 g/mol. The smallest absolute Gasteiger partial charge is 0.312 e. The highest BCUT2D eigenvalue weighted by Crippen LogP contribution is 2.29. The number of aliphatic carboxylic acids is 1. The summed E-state index contributed by atoms with van der Waals surface area (Å²) in [6.07, 6.45) is 0.240. The average Bonchev–Trinajstić information content (AvgIpc) is 2.87. The van der Waals surface area contributed by atoms with Crippen LogP contribution in [0.1, 0.15) is 30.0 Å². The molecule has 3 aromatic rings. The number of carbonyl (C=O) groups excluding carboxylic acids is 2. The third kappa shape index (κ3) is 5.63. The molecule has 9 heteroatoms. The van der Waals surface area contributed by atoms with Gasteiger partial charge in [0, 0.05) is 25.2 Å². The number of carbonyl (C=O) groups is 3. The second-order valence-corrected chi connectivity index (χ2v) is 8.65. The summed E-state index contributed by atoms with van der Waals surface area (Å²) in [5.41, 5.74) is 6.74. The molecule has 0 aliphatic carbocycles. The van der Waals surface area contributed by atoms with E-state index in [0.29, 0.717) is 43.0 Å². The first-order valence-electron chi connectivity index (χ1n) is 11.7. The first-order valence-corrected chi connectivity index (χ1v) is 11.7. The van der Waals surface area contributed by atoms with Crippen LogP contribution < -0.4 is 10.5 Å². The Hall–Kier alpha value is -4.40. The van der Waals surface area contributed by atoms with Gasteiger partial charge < -0.3 is 25.4 Å². The van der Waals surface area contributed by atoms with E-state index in [0.717, 1.165) is 10.8 Å². The predicted molar refractivity (Wildman–Crippen MR) is 135 cm³/mol. The summed E-state index contributed by atoms with van der Waals surface area (Å²) >= 11 is 0. The Morgan fingerprint density at radius 2 is 1.72 bits per heavy atom. The van der Waals surface area contributed by atoms with Gasteiger partial charge in [-0.25, -0.2) is 0 Å². The number of carboxylic acid groups (broad SMARTS) is 1. The van der Waals surface area contributed by atoms with Crippen molar-refractivity contribution in [3.8, 4) is 5.75 Å². The zero-order valence-corrected chi connectivity index (χ0v) is 19.7. The van der Waals surface area contributed by atoms with Gasteiger partial charge in [-0.05, 0) is 53.1 Å². The average molecular weight is 489 g/mol.